The topological polar surface area (TPSA) is 88.8 Å². The summed E-state index contributed by atoms with van der Waals surface area (Å²) in [6, 6.07) is 1.35. The standard InChI is InChI=1S/C7H9N3O2/c1-4-2-7(12)10-6(9-4)3-5(8)11/h2H,3H2,1H3,(H2,8,11)(H,9,10,12). The number of carbonyl (C=O) groups excluding carboxylic acids is 1. The fourth-order valence-electron chi connectivity index (χ4n) is 0.890. The van der Waals surface area contributed by atoms with Crippen LogP contribution in [0.3, 0.4) is 0 Å². The van der Waals surface area contributed by atoms with Gasteiger partial charge in [-0.1, -0.05) is 0 Å². The normalized spacial score (nSPS) is 9.75. The maximum atomic E-state index is 10.8. The summed E-state index contributed by atoms with van der Waals surface area (Å²) >= 11 is 0. The third kappa shape index (κ3) is 2.19. The Bertz CT molecular complexity index is 356. The minimum atomic E-state index is -0.510. The van der Waals surface area contributed by atoms with Crippen LogP contribution in [0.4, 0.5) is 0 Å². The lowest BCUT2D eigenvalue weighted by Crippen LogP contribution is -2.19. The van der Waals surface area contributed by atoms with Gasteiger partial charge in [0.15, 0.2) is 0 Å². The zero-order valence-corrected chi connectivity index (χ0v) is 6.63. The molecule has 12 heavy (non-hydrogen) atoms. The molecule has 0 aromatic carbocycles. The second kappa shape index (κ2) is 3.17. The zero-order chi connectivity index (χ0) is 9.14. The van der Waals surface area contributed by atoms with Crippen molar-refractivity contribution in [1.29, 1.82) is 0 Å². The Hall–Kier alpha value is -1.65. The summed E-state index contributed by atoms with van der Waals surface area (Å²) in [5, 5.41) is 0. The molecule has 0 fully saturated rings. The van der Waals surface area contributed by atoms with Crippen molar-refractivity contribution < 1.29 is 4.79 Å². The Kier molecular flexibility index (Phi) is 2.23. The molecular weight excluding hydrogens is 158 g/mol. The van der Waals surface area contributed by atoms with Gasteiger partial charge in [-0.05, 0) is 6.92 Å². The van der Waals surface area contributed by atoms with Gasteiger partial charge in [0, 0.05) is 11.8 Å². The van der Waals surface area contributed by atoms with Crippen LogP contribution in [0, 0.1) is 6.92 Å². The highest BCUT2D eigenvalue weighted by molar-refractivity contribution is 5.75. The van der Waals surface area contributed by atoms with E-state index in [9.17, 15) is 9.59 Å². The average Bonchev–Trinajstić information content (AvgIpc) is 1.81. The highest BCUT2D eigenvalue weighted by Gasteiger charge is 2.01. The lowest BCUT2D eigenvalue weighted by Gasteiger charge is -1.96. The van der Waals surface area contributed by atoms with Crippen molar-refractivity contribution in [2.45, 2.75) is 13.3 Å². The van der Waals surface area contributed by atoms with E-state index in [0.717, 1.165) is 0 Å². The Morgan fingerprint density at radius 1 is 1.75 bits per heavy atom. The number of aromatic amines is 1. The molecule has 1 amide bonds. The van der Waals surface area contributed by atoms with Crippen molar-refractivity contribution in [2.24, 2.45) is 5.73 Å². The summed E-state index contributed by atoms with van der Waals surface area (Å²) in [5.74, 6) is -0.198. The first-order chi connectivity index (χ1) is 5.58. The summed E-state index contributed by atoms with van der Waals surface area (Å²) in [6.45, 7) is 1.68. The van der Waals surface area contributed by atoms with E-state index >= 15 is 0 Å². The Morgan fingerprint density at radius 2 is 2.42 bits per heavy atom. The number of nitrogens with two attached hydrogens (primary N) is 1. The third-order valence-electron chi connectivity index (χ3n) is 1.26. The highest BCUT2D eigenvalue weighted by atomic mass is 16.1. The van der Waals surface area contributed by atoms with Gasteiger partial charge in [0.05, 0.1) is 6.42 Å². The van der Waals surface area contributed by atoms with Crippen LogP contribution < -0.4 is 11.3 Å². The Labute approximate surface area is 68.6 Å². The minimum Gasteiger partial charge on any atom is -0.369 e. The van der Waals surface area contributed by atoms with Crippen LogP contribution in [-0.2, 0) is 11.2 Å². The maximum absolute atomic E-state index is 10.8. The van der Waals surface area contributed by atoms with Crippen molar-refractivity contribution in [2.75, 3.05) is 0 Å². The van der Waals surface area contributed by atoms with Crippen molar-refractivity contribution in [3.63, 3.8) is 0 Å². The summed E-state index contributed by atoms with van der Waals surface area (Å²) in [4.78, 5) is 27.6. The van der Waals surface area contributed by atoms with Crippen molar-refractivity contribution in [3.8, 4) is 0 Å². The van der Waals surface area contributed by atoms with Gasteiger partial charge in [-0.15, -0.1) is 0 Å². The van der Waals surface area contributed by atoms with E-state index in [0.29, 0.717) is 11.5 Å². The van der Waals surface area contributed by atoms with Crippen molar-refractivity contribution in [1.82, 2.24) is 9.97 Å². The summed E-state index contributed by atoms with van der Waals surface area (Å²) in [5.41, 5.74) is 5.24. The van der Waals surface area contributed by atoms with E-state index in [-0.39, 0.29) is 12.0 Å². The molecule has 1 heterocycles. The van der Waals surface area contributed by atoms with Crippen LogP contribution in [0.5, 0.6) is 0 Å². The Balaban J connectivity index is 3.01. The number of primary amides is 1. The molecule has 0 saturated heterocycles. The molecular formula is C7H9N3O2. The van der Waals surface area contributed by atoms with E-state index in [1.54, 1.807) is 6.92 Å². The zero-order valence-electron chi connectivity index (χ0n) is 6.63. The van der Waals surface area contributed by atoms with E-state index in [2.05, 4.69) is 9.97 Å². The molecule has 3 N–H and O–H groups in total. The van der Waals surface area contributed by atoms with Crippen molar-refractivity contribution in [3.05, 3.63) is 27.9 Å². The number of nitrogens with zero attached hydrogens (tertiary/aromatic N) is 1. The molecule has 1 rings (SSSR count). The molecule has 0 saturated carbocycles. The molecule has 0 bridgehead atoms. The molecule has 0 atom stereocenters. The van der Waals surface area contributed by atoms with Crippen molar-refractivity contribution >= 4 is 5.91 Å². The largest absolute Gasteiger partial charge is 0.369 e. The van der Waals surface area contributed by atoms with Crippen LogP contribution in [0.15, 0.2) is 10.9 Å². The lowest BCUT2D eigenvalue weighted by molar-refractivity contribution is -0.117. The second-order valence-electron chi connectivity index (χ2n) is 2.48. The predicted molar refractivity (Wildman–Crippen MR) is 42.5 cm³/mol. The van der Waals surface area contributed by atoms with Crippen LogP contribution in [0.25, 0.3) is 0 Å². The van der Waals surface area contributed by atoms with E-state index in [1.165, 1.54) is 6.07 Å². The van der Waals surface area contributed by atoms with Gasteiger partial charge in [-0.25, -0.2) is 4.98 Å². The molecule has 5 nitrogen and oxygen atoms in total. The van der Waals surface area contributed by atoms with Crippen LogP contribution in [-0.4, -0.2) is 15.9 Å². The lowest BCUT2D eigenvalue weighted by atomic mass is 10.3. The number of aryl methyl sites for hydroxylation is 1. The first-order valence-electron chi connectivity index (χ1n) is 3.43. The fourth-order valence-corrected chi connectivity index (χ4v) is 0.890. The number of hydrogen-bond donors (Lipinski definition) is 2. The first-order valence-corrected chi connectivity index (χ1v) is 3.43. The number of aromatic nitrogens is 2. The quantitative estimate of drug-likeness (QED) is 0.598. The average molecular weight is 167 g/mol. The van der Waals surface area contributed by atoms with E-state index in [1.807, 2.05) is 0 Å². The SMILES string of the molecule is Cc1cc(=O)[nH]c(CC(N)=O)n1. The summed E-state index contributed by atoms with van der Waals surface area (Å²) in [7, 11) is 0. The summed E-state index contributed by atoms with van der Waals surface area (Å²) in [6.07, 6.45) is -0.0308. The molecule has 0 unspecified atom stereocenters. The second-order valence-corrected chi connectivity index (χ2v) is 2.48. The van der Waals surface area contributed by atoms with E-state index in [4.69, 9.17) is 5.73 Å². The molecule has 0 spiro atoms. The van der Waals surface area contributed by atoms with Gasteiger partial charge in [0.2, 0.25) is 5.91 Å². The van der Waals surface area contributed by atoms with Gasteiger partial charge < -0.3 is 10.7 Å². The number of H-pyrrole nitrogens is 1. The van der Waals surface area contributed by atoms with Crippen LogP contribution in [0.1, 0.15) is 11.5 Å². The number of hydrogen-bond acceptors (Lipinski definition) is 3. The number of amides is 1. The third-order valence-corrected chi connectivity index (χ3v) is 1.26. The fraction of sp³-hybridized carbons (Fsp3) is 0.286. The highest BCUT2D eigenvalue weighted by Crippen LogP contribution is 1.89. The number of nitrogens with one attached hydrogen (secondary N) is 1. The first kappa shape index (κ1) is 8.45. The van der Waals surface area contributed by atoms with Crippen LogP contribution >= 0.6 is 0 Å². The molecule has 1 aromatic rings. The molecule has 0 aliphatic heterocycles. The molecule has 0 aliphatic rings. The van der Waals surface area contributed by atoms with Gasteiger partial charge in [-0.2, -0.15) is 0 Å². The maximum Gasteiger partial charge on any atom is 0.251 e. The molecule has 0 aliphatic carbocycles. The smallest absolute Gasteiger partial charge is 0.251 e. The van der Waals surface area contributed by atoms with Gasteiger partial charge >= 0.3 is 0 Å². The molecule has 0 radical (unpaired) electrons. The summed E-state index contributed by atoms with van der Waals surface area (Å²) < 4.78 is 0. The van der Waals surface area contributed by atoms with E-state index < -0.39 is 5.91 Å². The Morgan fingerprint density at radius 3 is 2.92 bits per heavy atom. The van der Waals surface area contributed by atoms with Crippen LogP contribution in [0.2, 0.25) is 0 Å². The molecule has 64 valence electrons. The minimum absolute atomic E-state index is 0.0308. The molecule has 5 heteroatoms. The van der Waals surface area contributed by atoms with Gasteiger partial charge in [0.1, 0.15) is 5.82 Å². The number of carbonyl (C=O) groups is 1. The monoisotopic (exact) mass is 167 g/mol. The van der Waals surface area contributed by atoms with Gasteiger partial charge in [0.25, 0.3) is 5.56 Å². The predicted octanol–water partition coefficient (Wildman–Crippen LogP) is -0.894. The number of rotatable bonds is 2. The molecule has 1 aromatic heterocycles. The van der Waals surface area contributed by atoms with Gasteiger partial charge in [-0.3, -0.25) is 9.59 Å².